The Bertz CT molecular complexity index is 1460. The van der Waals surface area contributed by atoms with Gasteiger partial charge in [0.2, 0.25) is 0 Å². The van der Waals surface area contributed by atoms with E-state index in [1.54, 1.807) is 6.07 Å². The Morgan fingerprint density at radius 3 is 2.42 bits per heavy atom. The Kier molecular flexibility index (Phi) is 5.89. The van der Waals surface area contributed by atoms with E-state index >= 15 is 0 Å². The Labute approximate surface area is 189 Å². The molecule has 168 valence electrons. The zero-order valence-electron chi connectivity index (χ0n) is 17.4. The maximum atomic E-state index is 12.2. The number of hydrogen-bond acceptors (Lipinski definition) is 6. The average Bonchev–Trinajstić information content (AvgIpc) is 3.20. The summed E-state index contributed by atoms with van der Waals surface area (Å²) in [6.45, 7) is -0.176. The molecular formula is C24H19NO7S. The van der Waals surface area contributed by atoms with Crippen LogP contribution in [0.25, 0.3) is 22.1 Å². The van der Waals surface area contributed by atoms with Crippen LogP contribution < -0.4 is 5.32 Å². The van der Waals surface area contributed by atoms with Gasteiger partial charge in [-0.2, -0.15) is 0 Å². The van der Waals surface area contributed by atoms with Crippen LogP contribution in [0.3, 0.4) is 0 Å². The van der Waals surface area contributed by atoms with Crippen LogP contribution in [0.2, 0.25) is 0 Å². The number of carbonyl (C=O) groups is 2. The first-order valence-corrected chi connectivity index (χ1v) is 11.7. The van der Waals surface area contributed by atoms with Gasteiger partial charge in [-0.05, 0) is 47.5 Å². The molecule has 2 N–H and O–H groups in total. The summed E-state index contributed by atoms with van der Waals surface area (Å²) in [4.78, 5) is 23.5. The van der Waals surface area contributed by atoms with Crippen LogP contribution in [0.1, 0.15) is 16.1 Å². The van der Waals surface area contributed by atoms with E-state index in [0.717, 1.165) is 28.8 Å². The molecule has 8 nitrogen and oxygen atoms in total. The molecule has 0 saturated carbocycles. The van der Waals surface area contributed by atoms with Crippen molar-refractivity contribution in [2.75, 3.05) is 11.6 Å². The monoisotopic (exact) mass is 465 g/mol. The minimum Gasteiger partial charge on any atom is -0.478 e. The van der Waals surface area contributed by atoms with Crippen molar-refractivity contribution in [3.63, 3.8) is 0 Å². The highest BCUT2D eigenvalue weighted by Gasteiger charge is 2.18. The molecule has 0 unspecified atom stereocenters. The van der Waals surface area contributed by atoms with Gasteiger partial charge >= 0.3 is 12.1 Å². The molecule has 0 bridgehead atoms. The van der Waals surface area contributed by atoms with E-state index in [1.165, 1.54) is 12.1 Å². The number of nitrogens with one attached hydrogen (secondary N) is 1. The number of furan rings is 1. The van der Waals surface area contributed by atoms with Crippen LogP contribution in [-0.2, 0) is 21.2 Å². The number of carboxylic acid groups (broad SMARTS) is 1. The van der Waals surface area contributed by atoms with E-state index in [1.807, 2.05) is 48.5 Å². The molecule has 1 amide bonds. The highest BCUT2D eigenvalue weighted by molar-refractivity contribution is 7.90. The largest absolute Gasteiger partial charge is 0.478 e. The molecule has 0 aliphatic carbocycles. The number of sulfone groups is 1. The smallest absolute Gasteiger partial charge is 0.412 e. The first-order valence-electron chi connectivity index (χ1n) is 9.80. The second-order valence-corrected chi connectivity index (χ2v) is 9.33. The molecule has 4 rings (SSSR count). The minimum atomic E-state index is -3.60. The summed E-state index contributed by atoms with van der Waals surface area (Å²) in [5.74, 6) is -0.974. The third-order valence-electron chi connectivity index (χ3n) is 4.91. The second kappa shape index (κ2) is 8.79. The second-order valence-electron chi connectivity index (χ2n) is 7.32. The Morgan fingerprint density at radius 1 is 0.970 bits per heavy atom. The molecule has 0 aliphatic rings. The van der Waals surface area contributed by atoms with Crippen molar-refractivity contribution in [1.82, 2.24) is 0 Å². The first-order chi connectivity index (χ1) is 15.7. The minimum absolute atomic E-state index is 0.0861. The zero-order chi connectivity index (χ0) is 23.6. The van der Waals surface area contributed by atoms with E-state index in [4.69, 9.17) is 9.15 Å². The quantitative estimate of drug-likeness (QED) is 0.413. The molecule has 0 spiro atoms. The van der Waals surface area contributed by atoms with E-state index in [2.05, 4.69) is 5.32 Å². The number of ether oxygens (including phenoxy) is 1. The van der Waals surface area contributed by atoms with Crippen molar-refractivity contribution >= 4 is 38.6 Å². The predicted octanol–water partition coefficient (Wildman–Crippen LogP) is 4.95. The maximum absolute atomic E-state index is 12.2. The lowest BCUT2D eigenvalue weighted by Gasteiger charge is -2.10. The molecule has 0 saturated heterocycles. The van der Waals surface area contributed by atoms with E-state index in [9.17, 15) is 23.1 Å². The van der Waals surface area contributed by atoms with Crippen LogP contribution in [0.5, 0.6) is 0 Å². The SMILES string of the molecule is CS(=O)(=O)c1ccc(NC(=O)OCc2cc3cc(-c4ccccc4)ccc3o2)c(C(=O)O)c1. The summed E-state index contributed by atoms with van der Waals surface area (Å²) in [6, 6.07) is 20.8. The van der Waals surface area contributed by atoms with Crippen molar-refractivity contribution in [2.45, 2.75) is 11.5 Å². The number of fused-ring (bicyclic) bond motifs is 1. The Hall–Kier alpha value is -4.11. The zero-order valence-corrected chi connectivity index (χ0v) is 18.3. The van der Waals surface area contributed by atoms with Crippen molar-refractivity contribution < 1.29 is 32.3 Å². The molecule has 0 atom stereocenters. The van der Waals surface area contributed by atoms with Crippen molar-refractivity contribution in [3.8, 4) is 11.1 Å². The number of hydrogen-bond donors (Lipinski definition) is 2. The Morgan fingerprint density at radius 2 is 1.73 bits per heavy atom. The number of rotatable bonds is 6. The topological polar surface area (TPSA) is 123 Å². The molecule has 0 fully saturated rings. The lowest BCUT2D eigenvalue weighted by atomic mass is 10.0. The van der Waals surface area contributed by atoms with Gasteiger partial charge in [0.1, 0.15) is 11.3 Å². The van der Waals surface area contributed by atoms with Crippen LogP contribution in [0, 0.1) is 0 Å². The van der Waals surface area contributed by atoms with Crippen LogP contribution >= 0.6 is 0 Å². The van der Waals surface area contributed by atoms with E-state index in [0.29, 0.717) is 11.3 Å². The fraction of sp³-hybridized carbons (Fsp3) is 0.0833. The summed E-state index contributed by atoms with van der Waals surface area (Å²) < 4.78 is 34.2. The number of benzene rings is 3. The maximum Gasteiger partial charge on any atom is 0.412 e. The number of carboxylic acids is 1. The predicted molar refractivity (Wildman–Crippen MR) is 122 cm³/mol. The van der Waals surface area contributed by atoms with E-state index < -0.39 is 21.9 Å². The molecular weight excluding hydrogens is 446 g/mol. The summed E-state index contributed by atoms with van der Waals surface area (Å²) in [6.07, 6.45) is 0.0564. The summed E-state index contributed by atoms with van der Waals surface area (Å²) in [7, 11) is -3.60. The molecule has 4 aromatic rings. The summed E-state index contributed by atoms with van der Waals surface area (Å²) in [5, 5.41) is 12.5. The number of aromatic carboxylic acids is 1. The third kappa shape index (κ3) is 5.04. The normalized spacial score (nSPS) is 11.3. The highest BCUT2D eigenvalue weighted by atomic mass is 32.2. The summed E-state index contributed by atoms with van der Waals surface area (Å²) in [5.41, 5.74) is 2.27. The lowest BCUT2D eigenvalue weighted by molar-refractivity contribution is 0.0697. The first kappa shape index (κ1) is 22.1. The molecule has 33 heavy (non-hydrogen) atoms. The van der Waals surface area contributed by atoms with Gasteiger partial charge in [-0.15, -0.1) is 0 Å². The van der Waals surface area contributed by atoms with Gasteiger partial charge < -0.3 is 14.3 Å². The molecule has 9 heteroatoms. The van der Waals surface area contributed by atoms with Crippen LogP contribution in [0.15, 0.2) is 82.1 Å². The van der Waals surface area contributed by atoms with Gasteiger partial charge in [-0.25, -0.2) is 18.0 Å². The van der Waals surface area contributed by atoms with Gasteiger partial charge in [-0.1, -0.05) is 36.4 Å². The fourth-order valence-corrected chi connectivity index (χ4v) is 3.95. The highest BCUT2D eigenvalue weighted by Crippen LogP contribution is 2.27. The van der Waals surface area contributed by atoms with Crippen LogP contribution in [-0.4, -0.2) is 31.8 Å². The van der Waals surface area contributed by atoms with Gasteiger partial charge in [-0.3, -0.25) is 5.32 Å². The average molecular weight is 465 g/mol. The van der Waals surface area contributed by atoms with Gasteiger partial charge in [0.15, 0.2) is 16.4 Å². The van der Waals surface area contributed by atoms with Crippen molar-refractivity contribution in [1.29, 1.82) is 0 Å². The summed E-state index contributed by atoms with van der Waals surface area (Å²) >= 11 is 0. The van der Waals surface area contributed by atoms with E-state index in [-0.39, 0.29) is 22.8 Å². The Balaban J connectivity index is 1.46. The molecule has 0 radical (unpaired) electrons. The number of carbonyl (C=O) groups excluding carboxylic acids is 1. The molecule has 0 aliphatic heterocycles. The number of amides is 1. The number of anilines is 1. The van der Waals surface area contributed by atoms with Gasteiger partial charge in [0, 0.05) is 11.6 Å². The van der Waals surface area contributed by atoms with Crippen molar-refractivity contribution in [3.05, 3.63) is 84.1 Å². The lowest BCUT2D eigenvalue weighted by Crippen LogP contribution is -2.16. The third-order valence-corrected chi connectivity index (χ3v) is 6.02. The van der Waals surface area contributed by atoms with Crippen LogP contribution in [0.4, 0.5) is 10.5 Å². The van der Waals surface area contributed by atoms with Gasteiger partial charge in [0.05, 0.1) is 16.1 Å². The molecule has 3 aromatic carbocycles. The molecule has 1 aromatic heterocycles. The van der Waals surface area contributed by atoms with Crippen molar-refractivity contribution in [2.24, 2.45) is 0 Å². The fourth-order valence-electron chi connectivity index (χ4n) is 3.30. The van der Waals surface area contributed by atoms with Gasteiger partial charge in [0.25, 0.3) is 0 Å². The molecule has 1 heterocycles. The standard InChI is InChI=1S/C24H19NO7S/c1-33(29,30)19-8-9-21(20(13-19)23(26)27)25-24(28)31-14-18-12-17-11-16(7-10-22(17)32-18)15-5-3-2-4-6-15/h2-13H,14H2,1H3,(H,25,28)(H,26,27).